The fraction of sp³-hybridized carbons (Fsp3) is 0.125. The van der Waals surface area contributed by atoms with Crippen molar-refractivity contribution in [3.63, 3.8) is 0 Å². The molecule has 4 heteroatoms. The van der Waals surface area contributed by atoms with Gasteiger partial charge in [-0.3, -0.25) is 0 Å². The van der Waals surface area contributed by atoms with Crippen LogP contribution in [0.4, 0.5) is 0 Å². The van der Waals surface area contributed by atoms with Crippen LogP contribution in [0, 0.1) is 0 Å². The van der Waals surface area contributed by atoms with E-state index in [1.807, 2.05) is 0 Å². The summed E-state index contributed by atoms with van der Waals surface area (Å²) in [5.74, 6) is 0. The van der Waals surface area contributed by atoms with Crippen molar-refractivity contribution in [2.75, 3.05) is 0 Å². The van der Waals surface area contributed by atoms with Crippen LogP contribution in [0.5, 0.6) is 0 Å². The van der Waals surface area contributed by atoms with Crippen LogP contribution in [-0.4, -0.2) is 5.43 Å². The molecule has 0 N–H and O–H groups in total. The Morgan fingerprint density at radius 2 is 1.55 bits per heavy atom. The van der Waals surface area contributed by atoms with Crippen molar-refractivity contribution >= 4 is 16.7 Å². The van der Waals surface area contributed by atoms with Crippen LogP contribution >= 0.6 is 0 Å². The summed E-state index contributed by atoms with van der Waals surface area (Å²) < 4.78 is 0.795. The number of benzene rings is 2. The van der Waals surface area contributed by atoms with Gasteiger partial charge in [0.25, 0.3) is 0 Å². The summed E-state index contributed by atoms with van der Waals surface area (Å²) in [6, 6.07) is 20.0. The van der Waals surface area contributed by atoms with Crippen LogP contribution in [0.3, 0.4) is 0 Å². The molecule has 20 heavy (non-hydrogen) atoms. The third-order valence-corrected chi connectivity index (χ3v) is 14.2. The van der Waals surface area contributed by atoms with Gasteiger partial charge in [-0.05, 0) is 0 Å². The van der Waals surface area contributed by atoms with Gasteiger partial charge in [-0.1, -0.05) is 0 Å². The van der Waals surface area contributed by atoms with Crippen molar-refractivity contribution in [3.05, 3.63) is 71.8 Å². The van der Waals surface area contributed by atoms with Crippen LogP contribution in [-0.2, 0) is 21.9 Å². The van der Waals surface area contributed by atoms with Crippen molar-refractivity contribution in [1.29, 1.82) is 0 Å². The van der Waals surface area contributed by atoms with Gasteiger partial charge in [0.15, 0.2) is 0 Å². The van der Waals surface area contributed by atoms with Gasteiger partial charge in [-0.15, -0.1) is 0 Å². The molecular weight excluding hydrogens is 382 g/mol. The maximum atomic E-state index is 2.50. The second-order valence-electron chi connectivity index (χ2n) is 4.60. The van der Waals surface area contributed by atoms with E-state index in [0.29, 0.717) is 0 Å². The van der Waals surface area contributed by atoms with E-state index in [2.05, 4.69) is 73.3 Å². The molecule has 0 amide bonds. The molecule has 1 aliphatic rings. The molecule has 101 valence electrons. The standard InChI is InChI=1S/C9H7.C7H8Si.2ClH.Zr/c1-2-5-9-7-3-6-8(9)4-1;1-8-7-5-3-2-4-6-7;;;/h1-7H;2-6H,1H3;2*1H;/q;;;;+2/p-2. The average molecular weight is 398 g/mol. The molecule has 0 spiro atoms. The smallest absolute Gasteiger partial charge is 1.00 e. The molecule has 0 saturated carbocycles. The summed E-state index contributed by atoms with van der Waals surface area (Å²) in [7, 11) is 0. The number of allylic oxidation sites excluding steroid dienone is 1. The predicted molar refractivity (Wildman–Crippen MR) is 75.9 cm³/mol. The molecule has 0 aromatic heterocycles. The summed E-state index contributed by atoms with van der Waals surface area (Å²) >= 11 is -0.387. The largest absolute Gasteiger partial charge is 1.00 e. The van der Waals surface area contributed by atoms with Crippen molar-refractivity contribution in [3.8, 4) is 0 Å². The van der Waals surface area contributed by atoms with Crippen LogP contribution in [0.1, 0.15) is 14.8 Å². The Hall–Kier alpha value is -0.140. The number of halogens is 2. The van der Waals surface area contributed by atoms with Crippen LogP contribution in [0.25, 0.3) is 6.08 Å². The molecule has 0 aliphatic heterocycles. The molecule has 1 aliphatic carbocycles. The van der Waals surface area contributed by atoms with Gasteiger partial charge in [-0.2, -0.15) is 0 Å². The van der Waals surface area contributed by atoms with E-state index in [4.69, 9.17) is 0 Å². The Morgan fingerprint density at radius 1 is 0.900 bits per heavy atom. The maximum absolute atomic E-state index is 2.50. The van der Waals surface area contributed by atoms with Crippen LogP contribution in [0.15, 0.2) is 60.7 Å². The summed E-state index contributed by atoms with van der Waals surface area (Å²) in [6.45, 7) is 2.50. The molecule has 0 bridgehead atoms. The van der Waals surface area contributed by atoms with Crippen molar-refractivity contribution in [2.24, 2.45) is 0 Å². The fourth-order valence-electron chi connectivity index (χ4n) is 2.38. The minimum absolute atomic E-state index is 0. The minimum atomic E-state index is -0.387. The average Bonchev–Trinajstić information content (AvgIpc) is 2.83. The summed E-state index contributed by atoms with van der Waals surface area (Å²) in [5, 5.41) is 1.62. The van der Waals surface area contributed by atoms with Crippen molar-refractivity contribution < 1.29 is 46.7 Å². The topological polar surface area (TPSA) is 0 Å². The zero-order valence-electron chi connectivity index (χ0n) is 11.2. The van der Waals surface area contributed by atoms with Crippen LogP contribution in [0.2, 0.25) is 6.55 Å². The van der Waals surface area contributed by atoms with E-state index >= 15 is 0 Å². The molecule has 2 aromatic carbocycles. The maximum Gasteiger partial charge on any atom is -1.00 e. The van der Waals surface area contributed by atoms with E-state index in [0.717, 1.165) is 3.63 Å². The fourth-order valence-corrected chi connectivity index (χ4v) is 12.6. The molecule has 2 aromatic rings. The second-order valence-corrected chi connectivity index (χ2v) is 15.9. The SMILES string of the molecule is C/[Si](=[Zr+2]\[CH]1C=Cc2ccccc21)c1ccccc1.[Cl-].[Cl-]. The minimum Gasteiger partial charge on any atom is -1.00 e. The van der Waals surface area contributed by atoms with E-state index in [-0.39, 0.29) is 52.1 Å². The van der Waals surface area contributed by atoms with Gasteiger partial charge >= 0.3 is 121 Å². The van der Waals surface area contributed by atoms with Gasteiger partial charge in [0.1, 0.15) is 0 Å². The second kappa shape index (κ2) is 8.34. The first-order valence-corrected chi connectivity index (χ1v) is 13.4. The monoisotopic (exact) mass is 395 g/mol. The third kappa shape index (κ3) is 3.95. The van der Waals surface area contributed by atoms with E-state index < -0.39 is 0 Å². The summed E-state index contributed by atoms with van der Waals surface area (Å²) in [4.78, 5) is 0. The van der Waals surface area contributed by atoms with E-state index in [1.54, 1.807) is 10.8 Å². The van der Waals surface area contributed by atoms with Gasteiger partial charge in [0.05, 0.1) is 0 Å². The molecule has 0 fully saturated rings. The molecule has 1 atom stereocenters. The summed E-state index contributed by atoms with van der Waals surface area (Å²) in [5.41, 5.74) is 2.76. The Morgan fingerprint density at radius 3 is 2.30 bits per heavy atom. The molecule has 0 heterocycles. The van der Waals surface area contributed by atoms with Gasteiger partial charge in [-0.25, -0.2) is 0 Å². The molecule has 0 saturated heterocycles. The van der Waals surface area contributed by atoms with E-state index in [1.165, 1.54) is 5.56 Å². The Labute approximate surface area is 144 Å². The van der Waals surface area contributed by atoms with Gasteiger partial charge in [0.2, 0.25) is 0 Å². The predicted octanol–water partition coefficient (Wildman–Crippen LogP) is -2.63. The molecule has 1 unspecified atom stereocenters. The quantitative estimate of drug-likeness (QED) is 0.487. The zero-order chi connectivity index (χ0) is 12.4. The van der Waals surface area contributed by atoms with E-state index in [9.17, 15) is 0 Å². The number of hydrogen-bond donors (Lipinski definition) is 0. The number of fused-ring (bicyclic) bond motifs is 1. The first-order valence-electron chi connectivity index (χ1n) is 6.27. The zero-order valence-corrected chi connectivity index (χ0v) is 16.2. The normalized spacial score (nSPS) is 15.7. The van der Waals surface area contributed by atoms with Crippen molar-refractivity contribution in [2.45, 2.75) is 10.2 Å². The first kappa shape index (κ1) is 17.9. The molecule has 0 nitrogen and oxygen atoms in total. The van der Waals surface area contributed by atoms with Gasteiger partial charge < -0.3 is 24.8 Å². The molecular formula is C16H15Cl2SiZr. The Kier molecular flexibility index (Phi) is 7.47. The third-order valence-electron chi connectivity index (χ3n) is 3.38. The summed E-state index contributed by atoms with van der Waals surface area (Å²) in [6.07, 6.45) is 4.77. The first-order chi connectivity index (χ1) is 8.84. The Bertz CT molecular complexity index is 623. The number of rotatable bonds is 2. The molecule has 3 rings (SSSR count). The van der Waals surface area contributed by atoms with Crippen molar-refractivity contribution in [1.82, 2.24) is 0 Å². The Balaban J connectivity index is 0.000001000. The molecule has 0 radical (unpaired) electrons. The number of hydrogen-bond acceptors (Lipinski definition) is 0. The van der Waals surface area contributed by atoms with Crippen LogP contribution < -0.4 is 30.0 Å². The van der Waals surface area contributed by atoms with Gasteiger partial charge in [0, 0.05) is 0 Å².